The molecule has 62 valence electrons. The van der Waals surface area contributed by atoms with Gasteiger partial charge >= 0.3 is 0 Å². The third kappa shape index (κ3) is 0.597. The minimum Gasteiger partial charge on any atom is -0.388 e. The lowest BCUT2D eigenvalue weighted by atomic mass is 9.88. The zero-order chi connectivity index (χ0) is 7.59. The van der Waals surface area contributed by atoms with Gasteiger partial charge in [-0.05, 0) is 6.42 Å². The van der Waals surface area contributed by atoms with Crippen LogP contribution in [0.5, 0.6) is 0 Å². The third-order valence-corrected chi connectivity index (χ3v) is 2.96. The average Bonchev–Trinajstić information content (AvgIpc) is 2.53. The van der Waals surface area contributed by atoms with Crippen LogP contribution in [0.2, 0.25) is 0 Å². The van der Waals surface area contributed by atoms with Crippen molar-refractivity contribution in [2.45, 2.75) is 37.1 Å². The van der Waals surface area contributed by atoms with Gasteiger partial charge in [-0.3, -0.25) is 0 Å². The fraction of sp³-hybridized carbons (Fsp3) is 1.00. The lowest BCUT2D eigenvalue weighted by Gasteiger charge is -2.16. The standard InChI is InChI=1S/C7H10O4/c8-4-3-1-2-5(10-3)6(4)11-7(2)9/h2-9H,1H2/t2?,3?,4?,5?,6?,7-/m0/s1. The van der Waals surface area contributed by atoms with E-state index < -0.39 is 12.4 Å². The Kier molecular flexibility index (Phi) is 1.02. The maximum atomic E-state index is 9.46. The van der Waals surface area contributed by atoms with Crippen LogP contribution < -0.4 is 0 Å². The van der Waals surface area contributed by atoms with Crippen LogP contribution in [-0.4, -0.2) is 40.9 Å². The summed E-state index contributed by atoms with van der Waals surface area (Å²) in [5.41, 5.74) is 0. The Hall–Kier alpha value is -0.160. The first kappa shape index (κ1) is 6.37. The number of aliphatic hydroxyl groups excluding tert-OH is 2. The first-order valence-corrected chi connectivity index (χ1v) is 3.94. The van der Waals surface area contributed by atoms with Crippen LogP contribution in [0, 0.1) is 5.92 Å². The molecule has 0 spiro atoms. The minimum atomic E-state index is -0.716. The van der Waals surface area contributed by atoms with Crippen molar-refractivity contribution in [1.29, 1.82) is 0 Å². The van der Waals surface area contributed by atoms with E-state index in [4.69, 9.17) is 9.47 Å². The van der Waals surface area contributed by atoms with Gasteiger partial charge in [-0.1, -0.05) is 0 Å². The second kappa shape index (κ2) is 1.77. The number of hydrogen-bond acceptors (Lipinski definition) is 4. The van der Waals surface area contributed by atoms with Gasteiger partial charge in [0.15, 0.2) is 6.29 Å². The molecule has 3 aliphatic rings. The van der Waals surface area contributed by atoms with E-state index in [0.29, 0.717) is 0 Å². The van der Waals surface area contributed by atoms with Crippen molar-refractivity contribution in [1.82, 2.24) is 0 Å². The summed E-state index contributed by atoms with van der Waals surface area (Å²) in [6, 6.07) is 0. The van der Waals surface area contributed by atoms with Gasteiger partial charge in [0.2, 0.25) is 0 Å². The topological polar surface area (TPSA) is 58.9 Å². The van der Waals surface area contributed by atoms with Crippen LogP contribution in [0.25, 0.3) is 0 Å². The number of aliphatic hydroxyl groups is 2. The van der Waals surface area contributed by atoms with Crippen LogP contribution in [0.15, 0.2) is 0 Å². The summed E-state index contributed by atoms with van der Waals surface area (Å²) >= 11 is 0. The number of hydrogen-bond donors (Lipinski definition) is 2. The van der Waals surface area contributed by atoms with Crippen LogP contribution in [0.4, 0.5) is 0 Å². The molecule has 0 saturated carbocycles. The molecule has 0 aromatic rings. The lowest BCUT2D eigenvalue weighted by molar-refractivity contribution is -0.119. The molecule has 0 aromatic carbocycles. The van der Waals surface area contributed by atoms with Crippen molar-refractivity contribution < 1.29 is 19.7 Å². The van der Waals surface area contributed by atoms with Crippen LogP contribution >= 0.6 is 0 Å². The lowest BCUT2D eigenvalue weighted by Crippen LogP contribution is -2.36. The molecule has 3 fully saturated rings. The smallest absolute Gasteiger partial charge is 0.160 e. The van der Waals surface area contributed by atoms with E-state index in [9.17, 15) is 10.2 Å². The van der Waals surface area contributed by atoms with Crippen LogP contribution in [0.3, 0.4) is 0 Å². The highest BCUT2D eigenvalue weighted by Gasteiger charge is 2.61. The molecule has 0 radical (unpaired) electrons. The zero-order valence-electron chi connectivity index (χ0n) is 5.88. The predicted molar refractivity (Wildman–Crippen MR) is 33.7 cm³/mol. The van der Waals surface area contributed by atoms with E-state index in [-0.39, 0.29) is 24.2 Å². The Morgan fingerprint density at radius 2 is 1.91 bits per heavy atom. The fourth-order valence-corrected chi connectivity index (χ4v) is 2.41. The van der Waals surface area contributed by atoms with Crippen LogP contribution in [0.1, 0.15) is 6.42 Å². The highest BCUT2D eigenvalue weighted by atomic mass is 16.7. The minimum absolute atomic E-state index is 0.0509. The largest absolute Gasteiger partial charge is 0.388 e. The van der Waals surface area contributed by atoms with E-state index in [1.165, 1.54) is 0 Å². The molecule has 5 unspecified atom stereocenters. The van der Waals surface area contributed by atoms with E-state index in [2.05, 4.69) is 0 Å². The summed E-state index contributed by atoms with van der Waals surface area (Å²) in [5.74, 6) is 0.105. The quantitative estimate of drug-likeness (QED) is 0.467. The second-order valence-corrected chi connectivity index (χ2v) is 3.52. The second-order valence-electron chi connectivity index (χ2n) is 3.52. The van der Waals surface area contributed by atoms with E-state index in [1.54, 1.807) is 0 Å². The Morgan fingerprint density at radius 1 is 1.09 bits per heavy atom. The van der Waals surface area contributed by atoms with Gasteiger partial charge in [0, 0.05) is 5.92 Å². The molecule has 0 amide bonds. The Morgan fingerprint density at radius 3 is 2.55 bits per heavy atom. The molecule has 11 heavy (non-hydrogen) atoms. The first-order chi connectivity index (χ1) is 5.27. The monoisotopic (exact) mass is 158 g/mol. The van der Waals surface area contributed by atoms with Gasteiger partial charge in [-0.2, -0.15) is 0 Å². The van der Waals surface area contributed by atoms with Gasteiger partial charge in [0.25, 0.3) is 0 Å². The molecule has 4 nitrogen and oxygen atoms in total. The Labute approximate surface area is 63.7 Å². The molecule has 4 heteroatoms. The first-order valence-electron chi connectivity index (χ1n) is 3.94. The maximum Gasteiger partial charge on any atom is 0.160 e. The molecule has 6 atom stereocenters. The van der Waals surface area contributed by atoms with E-state index in [0.717, 1.165) is 6.42 Å². The van der Waals surface area contributed by atoms with Gasteiger partial charge in [-0.15, -0.1) is 0 Å². The Balaban J connectivity index is 1.98. The summed E-state index contributed by atoms with van der Waals surface area (Å²) in [5, 5.41) is 18.8. The van der Waals surface area contributed by atoms with Crippen molar-refractivity contribution in [2.75, 3.05) is 0 Å². The summed E-state index contributed by atoms with van der Waals surface area (Å²) < 4.78 is 10.5. The zero-order valence-corrected chi connectivity index (χ0v) is 5.88. The molecule has 0 aromatic heterocycles. The molecular formula is C7H10O4. The predicted octanol–water partition coefficient (Wildman–Crippen LogP) is -1.15. The number of ether oxygens (including phenoxy) is 2. The van der Waals surface area contributed by atoms with E-state index in [1.807, 2.05) is 0 Å². The van der Waals surface area contributed by atoms with Crippen molar-refractivity contribution in [3.8, 4) is 0 Å². The molecule has 3 saturated heterocycles. The van der Waals surface area contributed by atoms with Crippen molar-refractivity contribution >= 4 is 0 Å². The summed E-state index contributed by atoms with van der Waals surface area (Å²) in [6.07, 6.45) is -0.907. The molecule has 2 bridgehead atoms. The number of rotatable bonds is 0. The van der Waals surface area contributed by atoms with Crippen molar-refractivity contribution in [2.24, 2.45) is 5.92 Å². The van der Waals surface area contributed by atoms with E-state index >= 15 is 0 Å². The van der Waals surface area contributed by atoms with Crippen molar-refractivity contribution in [3.63, 3.8) is 0 Å². The number of fused-ring (bicyclic) bond motifs is 1. The third-order valence-electron chi connectivity index (χ3n) is 2.96. The molecule has 0 aliphatic carbocycles. The van der Waals surface area contributed by atoms with Crippen LogP contribution in [-0.2, 0) is 9.47 Å². The van der Waals surface area contributed by atoms with Gasteiger partial charge in [0.05, 0.1) is 12.2 Å². The van der Waals surface area contributed by atoms with Gasteiger partial charge in [-0.25, -0.2) is 0 Å². The molecular weight excluding hydrogens is 148 g/mol. The fourth-order valence-electron chi connectivity index (χ4n) is 2.41. The highest BCUT2D eigenvalue weighted by Crippen LogP contribution is 2.47. The summed E-state index contributed by atoms with van der Waals surface area (Å²) in [4.78, 5) is 0. The maximum absolute atomic E-state index is 9.46. The summed E-state index contributed by atoms with van der Waals surface area (Å²) in [6.45, 7) is 0. The Bertz CT molecular complexity index is 195. The molecule has 2 N–H and O–H groups in total. The molecule has 3 aliphatic heterocycles. The molecule has 3 heterocycles. The van der Waals surface area contributed by atoms with Gasteiger partial charge < -0.3 is 19.7 Å². The normalized spacial score (nSPS) is 66.0. The highest BCUT2D eigenvalue weighted by molar-refractivity contribution is 5.07. The molecule has 3 rings (SSSR count). The SMILES string of the molecule is OC1C2CC3C(O2)C1O[C@@H]3O. The average molecular weight is 158 g/mol. The van der Waals surface area contributed by atoms with Crippen molar-refractivity contribution in [3.05, 3.63) is 0 Å². The summed E-state index contributed by atoms with van der Waals surface area (Å²) in [7, 11) is 0. The van der Waals surface area contributed by atoms with Gasteiger partial charge in [0.1, 0.15) is 12.2 Å².